The Morgan fingerprint density at radius 3 is 2.68 bits per heavy atom. The second-order valence-corrected chi connectivity index (χ2v) is 6.47. The van der Waals surface area contributed by atoms with Gasteiger partial charge in [0, 0.05) is 18.2 Å². The van der Waals surface area contributed by atoms with Crippen molar-refractivity contribution in [2.75, 3.05) is 17.6 Å². The number of hydrogen-bond donors (Lipinski definition) is 4. The van der Waals surface area contributed by atoms with Crippen LogP contribution in [0.5, 0.6) is 0 Å². The Kier molecular flexibility index (Phi) is 3.98. The molecular formula is C12H19N3O3S. The third-order valence-electron chi connectivity index (χ3n) is 3.49. The smallest absolute Gasteiger partial charge is 0.240 e. The number of aliphatic hydroxyl groups is 1. The minimum absolute atomic E-state index is 0.0139. The fourth-order valence-electron chi connectivity index (χ4n) is 2.42. The number of rotatable bonds is 4. The maximum Gasteiger partial charge on any atom is 0.240 e. The number of hydrogen-bond acceptors (Lipinski definition) is 5. The molecule has 1 aliphatic rings. The number of nitrogens with two attached hydrogens (primary N) is 2. The number of nitrogen functional groups attached to an aromatic ring is 1. The molecule has 1 aromatic carbocycles. The van der Waals surface area contributed by atoms with Gasteiger partial charge in [-0.2, -0.15) is 0 Å². The van der Waals surface area contributed by atoms with E-state index in [0.717, 1.165) is 19.3 Å². The minimum Gasteiger partial charge on any atom is -0.399 e. The Morgan fingerprint density at radius 2 is 2.11 bits per heavy atom. The molecule has 0 saturated heterocycles. The van der Waals surface area contributed by atoms with Gasteiger partial charge in [0.05, 0.1) is 11.8 Å². The molecule has 1 aromatic rings. The van der Waals surface area contributed by atoms with Gasteiger partial charge in [-0.3, -0.25) is 0 Å². The van der Waals surface area contributed by atoms with Crippen LogP contribution >= 0.6 is 0 Å². The van der Waals surface area contributed by atoms with Gasteiger partial charge in [0.15, 0.2) is 0 Å². The summed E-state index contributed by atoms with van der Waals surface area (Å²) in [5.74, 6) is 0.144. The second kappa shape index (κ2) is 5.36. The van der Waals surface area contributed by atoms with Crippen molar-refractivity contribution in [1.82, 2.24) is 0 Å². The van der Waals surface area contributed by atoms with Crippen LogP contribution in [0.1, 0.15) is 19.3 Å². The topological polar surface area (TPSA) is 118 Å². The maximum atomic E-state index is 11.5. The summed E-state index contributed by atoms with van der Waals surface area (Å²) >= 11 is 0. The number of nitrogens with one attached hydrogen (secondary N) is 1. The van der Waals surface area contributed by atoms with Crippen molar-refractivity contribution < 1.29 is 13.5 Å². The number of benzene rings is 1. The Bertz CT molecular complexity index is 559. The van der Waals surface area contributed by atoms with E-state index in [4.69, 9.17) is 10.9 Å². The minimum atomic E-state index is -3.82. The first-order valence-corrected chi connectivity index (χ1v) is 7.77. The van der Waals surface area contributed by atoms with Gasteiger partial charge >= 0.3 is 0 Å². The molecule has 1 fully saturated rings. The fourth-order valence-corrected chi connectivity index (χ4v) is 3.16. The average molecular weight is 285 g/mol. The summed E-state index contributed by atoms with van der Waals surface area (Å²) in [6.07, 6.45) is 2.42. The van der Waals surface area contributed by atoms with E-state index in [-0.39, 0.29) is 16.9 Å². The summed E-state index contributed by atoms with van der Waals surface area (Å²) in [6.45, 7) is 0.521. The van der Waals surface area contributed by atoms with Gasteiger partial charge in [-0.05, 0) is 31.0 Å². The lowest BCUT2D eigenvalue weighted by Gasteiger charge is -2.17. The molecule has 1 aliphatic carbocycles. The fraction of sp³-hybridized carbons (Fsp3) is 0.500. The zero-order valence-corrected chi connectivity index (χ0v) is 11.4. The molecule has 6 N–H and O–H groups in total. The molecule has 0 heterocycles. The van der Waals surface area contributed by atoms with Crippen molar-refractivity contribution in [3.8, 4) is 0 Å². The lowest BCUT2D eigenvalue weighted by atomic mass is 10.1. The molecule has 0 radical (unpaired) electrons. The Labute approximate surface area is 112 Å². The van der Waals surface area contributed by atoms with E-state index in [1.54, 1.807) is 12.1 Å². The van der Waals surface area contributed by atoms with Gasteiger partial charge in [-0.25, -0.2) is 13.6 Å². The van der Waals surface area contributed by atoms with Gasteiger partial charge in [0.25, 0.3) is 0 Å². The molecule has 2 rings (SSSR count). The van der Waals surface area contributed by atoms with E-state index in [2.05, 4.69) is 5.32 Å². The highest BCUT2D eigenvalue weighted by molar-refractivity contribution is 7.89. The van der Waals surface area contributed by atoms with E-state index in [1.165, 1.54) is 6.07 Å². The van der Waals surface area contributed by atoms with Gasteiger partial charge in [0.1, 0.15) is 4.90 Å². The third-order valence-corrected chi connectivity index (χ3v) is 4.44. The van der Waals surface area contributed by atoms with Crippen LogP contribution in [0.2, 0.25) is 0 Å². The normalized spacial score (nSPS) is 23.5. The van der Waals surface area contributed by atoms with Gasteiger partial charge in [0.2, 0.25) is 10.0 Å². The van der Waals surface area contributed by atoms with Crippen molar-refractivity contribution in [2.45, 2.75) is 30.3 Å². The molecule has 1 saturated carbocycles. The van der Waals surface area contributed by atoms with Crippen LogP contribution in [0.25, 0.3) is 0 Å². The summed E-state index contributed by atoms with van der Waals surface area (Å²) in [4.78, 5) is -0.0139. The maximum absolute atomic E-state index is 11.5. The van der Waals surface area contributed by atoms with Crippen LogP contribution in [0.15, 0.2) is 23.1 Å². The SMILES string of the molecule is Nc1ccc(NCC2CCCC2O)c(S(N)(=O)=O)c1. The number of aliphatic hydroxyl groups excluding tert-OH is 1. The summed E-state index contributed by atoms with van der Waals surface area (Å²) in [7, 11) is -3.82. The third kappa shape index (κ3) is 3.37. The molecule has 19 heavy (non-hydrogen) atoms. The van der Waals surface area contributed by atoms with E-state index < -0.39 is 10.0 Å². The van der Waals surface area contributed by atoms with Crippen molar-refractivity contribution in [1.29, 1.82) is 0 Å². The van der Waals surface area contributed by atoms with Crippen LogP contribution in [0.3, 0.4) is 0 Å². The van der Waals surface area contributed by atoms with Crippen LogP contribution in [-0.4, -0.2) is 26.2 Å². The summed E-state index contributed by atoms with van der Waals surface area (Å²) < 4.78 is 23.0. The van der Waals surface area contributed by atoms with Crippen molar-refractivity contribution in [2.24, 2.45) is 11.1 Å². The Morgan fingerprint density at radius 1 is 1.37 bits per heavy atom. The van der Waals surface area contributed by atoms with Crippen molar-refractivity contribution in [3.05, 3.63) is 18.2 Å². The van der Waals surface area contributed by atoms with E-state index >= 15 is 0 Å². The van der Waals surface area contributed by atoms with E-state index in [9.17, 15) is 13.5 Å². The zero-order chi connectivity index (χ0) is 14.0. The second-order valence-electron chi connectivity index (χ2n) is 4.94. The molecule has 6 nitrogen and oxygen atoms in total. The average Bonchev–Trinajstić information content (AvgIpc) is 2.72. The molecule has 7 heteroatoms. The lowest BCUT2D eigenvalue weighted by molar-refractivity contribution is 0.138. The molecule has 106 valence electrons. The van der Waals surface area contributed by atoms with Gasteiger partial charge < -0.3 is 16.2 Å². The quantitative estimate of drug-likeness (QED) is 0.600. The molecule has 0 spiro atoms. The first-order valence-electron chi connectivity index (χ1n) is 6.22. The molecule has 0 aromatic heterocycles. The lowest BCUT2D eigenvalue weighted by Crippen LogP contribution is -2.23. The number of primary sulfonamides is 1. The van der Waals surface area contributed by atoms with E-state index in [1.807, 2.05) is 0 Å². The highest BCUT2D eigenvalue weighted by atomic mass is 32.2. The van der Waals surface area contributed by atoms with Gasteiger partial charge in [-0.1, -0.05) is 6.42 Å². The predicted octanol–water partition coefficient (Wildman–Crippen LogP) is 0.489. The highest BCUT2D eigenvalue weighted by Crippen LogP contribution is 2.28. The molecule has 2 atom stereocenters. The van der Waals surface area contributed by atoms with Crippen LogP contribution in [0.4, 0.5) is 11.4 Å². The van der Waals surface area contributed by atoms with Crippen LogP contribution in [-0.2, 0) is 10.0 Å². The van der Waals surface area contributed by atoms with E-state index in [0.29, 0.717) is 17.9 Å². The predicted molar refractivity (Wildman–Crippen MR) is 74.1 cm³/mol. The van der Waals surface area contributed by atoms with Crippen LogP contribution < -0.4 is 16.2 Å². The van der Waals surface area contributed by atoms with Gasteiger partial charge in [-0.15, -0.1) is 0 Å². The first-order chi connectivity index (χ1) is 8.88. The molecule has 0 amide bonds. The summed E-state index contributed by atoms with van der Waals surface area (Å²) in [6, 6.07) is 4.54. The summed E-state index contributed by atoms with van der Waals surface area (Å²) in [5, 5.41) is 17.9. The molecule has 2 unspecified atom stereocenters. The molecular weight excluding hydrogens is 266 g/mol. The molecule has 0 aliphatic heterocycles. The summed E-state index contributed by atoms with van der Waals surface area (Å²) in [5.41, 5.74) is 6.35. The van der Waals surface area contributed by atoms with Crippen molar-refractivity contribution >= 4 is 21.4 Å². The zero-order valence-electron chi connectivity index (χ0n) is 10.5. The van der Waals surface area contributed by atoms with Crippen LogP contribution in [0, 0.1) is 5.92 Å². The monoisotopic (exact) mass is 285 g/mol. The highest BCUT2D eigenvalue weighted by Gasteiger charge is 2.25. The molecule has 0 bridgehead atoms. The standard InChI is InChI=1S/C12H19N3O3S/c13-9-4-5-10(12(6-9)19(14,17)18)15-7-8-2-1-3-11(8)16/h4-6,8,11,15-16H,1-3,7,13H2,(H2,14,17,18). The van der Waals surface area contributed by atoms with Crippen molar-refractivity contribution in [3.63, 3.8) is 0 Å². The number of sulfonamides is 1. The Hall–Kier alpha value is -1.31. The number of anilines is 2. The Balaban J connectivity index is 2.16. The first kappa shape index (κ1) is 14.1. The largest absolute Gasteiger partial charge is 0.399 e.